The van der Waals surface area contributed by atoms with Crippen molar-refractivity contribution < 1.29 is 20.1 Å². The number of aliphatic hydroxyl groups is 2. The Morgan fingerprint density at radius 1 is 0.773 bits per heavy atom. The Bertz CT molecular complexity index is 255. The van der Waals surface area contributed by atoms with Gasteiger partial charge in [-0.15, -0.1) is 0 Å². The Kier molecular flexibility index (Phi) is 14.9. The Labute approximate surface area is 135 Å². The molecule has 0 saturated carbocycles. The summed E-state index contributed by atoms with van der Waals surface area (Å²) in [6.07, 6.45) is 12.3. The molecular formula is C18H36O4. The molecule has 0 aliphatic heterocycles. The van der Waals surface area contributed by atoms with Gasteiger partial charge in [0.05, 0.1) is 12.2 Å². The van der Waals surface area contributed by atoms with Gasteiger partial charge < -0.3 is 15.3 Å². The van der Waals surface area contributed by atoms with Crippen molar-refractivity contribution in [3.05, 3.63) is 0 Å². The van der Waals surface area contributed by atoms with Crippen molar-refractivity contribution in [2.45, 2.75) is 109 Å². The molecule has 0 amide bonds. The van der Waals surface area contributed by atoms with Crippen LogP contribution in [0.1, 0.15) is 96.8 Å². The van der Waals surface area contributed by atoms with Gasteiger partial charge in [-0.2, -0.15) is 0 Å². The maximum atomic E-state index is 10.3. The quantitative estimate of drug-likeness (QED) is 0.371. The van der Waals surface area contributed by atoms with E-state index in [1.807, 2.05) is 0 Å². The van der Waals surface area contributed by atoms with Crippen LogP contribution in [0.4, 0.5) is 0 Å². The van der Waals surface area contributed by atoms with E-state index in [0.717, 1.165) is 57.8 Å². The molecular weight excluding hydrogens is 280 g/mol. The van der Waals surface area contributed by atoms with E-state index in [1.165, 1.54) is 19.3 Å². The summed E-state index contributed by atoms with van der Waals surface area (Å²) in [7, 11) is 0. The molecule has 2 atom stereocenters. The molecule has 2 unspecified atom stereocenters. The number of hydrogen-bond acceptors (Lipinski definition) is 3. The Morgan fingerprint density at radius 3 is 1.73 bits per heavy atom. The molecule has 0 aromatic heterocycles. The third-order valence-electron chi connectivity index (χ3n) is 4.11. The minimum absolute atomic E-state index is 0.273. The van der Waals surface area contributed by atoms with Gasteiger partial charge in [0.2, 0.25) is 0 Å². The lowest BCUT2D eigenvalue weighted by molar-refractivity contribution is -0.137. The molecule has 0 bridgehead atoms. The monoisotopic (exact) mass is 316 g/mol. The van der Waals surface area contributed by atoms with Crippen molar-refractivity contribution in [1.29, 1.82) is 0 Å². The van der Waals surface area contributed by atoms with Crippen molar-refractivity contribution in [3.8, 4) is 0 Å². The zero-order chi connectivity index (χ0) is 16.6. The van der Waals surface area contributed by atoms with Crippen LogP contribution in [0.15, 0.2) is 0 Å². The fourth-order valence-electron chi connectivity index (χ4n) is 2.72. The third kappa shape index (κ3) is 15.8. The van der Waals surface area contributed by atoms with E-state index in [1.54, 1.807) is 0 Å². The minimum atomic E-state index is -0.712. The average molecular weight is 316 g/mol. The van der Waals surface area contributed by atoms with Crippen molar-refractivity contribution in [2.75, 3.05) is 0 Å². The molecule has 0 radical (unpaired) electrons. The molecule has 0 aromatic carbocycles. The first kappa shape index (κ1) is 21.4. The SMILES string of the molecule is CCCCCCC(O)CC(O)CCCCCCCCC(=O)O. The second kappa shape index (κ2) is 15.3. The first-order chi connectivity index (χ1) is 10.6. The summed E-state index contributed by atoms with van der Waals surface area (Å²) < 4.78 is 0. The number of aliphatic hydroxyl groups excluding tert-OH is 2. The predicted molar refractivity (Wildman–Crippen MR) is 90.0 cm³/mol. The molecule has 0 fully saturated rings. The number of rotatable bonds is 16. The fourth-order valence-corrected chi connectivity index (χ4v) is 2.72. The Hall–Kier alpha value is -0.610. The maximum absolute atomic E-state index is 10.3. The van der Waals surface area contributed by atoms with Gasteiger partial charge in [0.1, 0.15) is 0 Å². The molecule has 0 aliphatic rings. The second-order valence-corrected chi connectivity index (χ2v) is 6.45. The molecule has 0 aliphatic carbocycles. The molecule has 132 valence electrons. The van der Waals surface area contributed by atoms with Crippen LogP contribution in [0, 0.1) is 0 Å². The highest BCUT2D eigenvalue weighted by molar-refractivity contribution is 5.66. The lowest BCUT2D eigenvalue weighted by Gasteiger charge is -2.15. The van der Waals surface area contributed by atoms with Gasteiger partial charge in [0.25, 0.3) is 0 Å². The van der Waals surface area contributed by atoms with Crippen molar-refractivity contribution >= 4 is 5.97 Å². The summed E-state index contributed by atoms with van der Waals surface area (Å²) in [4.78, 5) is 10.3. The smallest absolute Gasteiger partial charge is 0.303 e. The first-order valence-corrected chi connectivity index (χ1v) is 9.14. The van der Waals surface area contributed by atoms with Crippen LogP contribution in [0.2, 0.25) is 0 Å². The highest BCUT2D eigenvalue weighted by Gasteiger charge is 2.11. The molecule has 0 spiro atoms. The number of unbranched alkanes of at least 4 members (excludes halogenated alkanes) is 8. The lowest BCUT2D eigenvalue weighted by Crippen LogP contribution is -2.17. The summed E-state index contributed by atoms with van der Waals surface area (Å²) in [6.45, 7) is 2.17. The predicted octanol–water partition coefficient (Wildman–Crippen LogP) is 4.27. The fraction of sp³-hybridized carbons (Fsp3) is 0.944. The highest BCUT2D eigenvalue weighted by atomic mass is 16.4. The molecule has 0 aromatic rings. The van der Waals surface area contributed by atoms with E-state index in [0.29, 0.717) is 6.42 Å². The van der Waals surface area contributed by atoms with Gasteiger partial charge in [0.15, 0.2) is 0 Å². The molecule has 3 N–H and O–H groups in total. The Balaban J connectivity index is 3.34. The molecule has 4 heteroatoms. The number of carboxylic acids is 1. The first-order valence-electron chi connectivity index (χ1n) is 9.14. The van der Waals surface area contributed by atoms with Crippen LogP contribution in [0.3, 0.4) is 0 Å². The normalized spacial score (nSPS) is 14.0. The average Bonchev–Trinajstić information content (AvgIpc) is 2.46. The summed E-state index contributed by atoms with van der Waals surface area (Å²) in [5.74, 6) is -0.712. The lowest BCUT2D eigenvalue weighted by atomic mass is 10.00. The van der Waals surface area contributed by atoms with E-state index in [2.05, 4.69) is 6.92 Å². The second-order valence-electron chi connectivity index (χ2n) is 6.45. The van der Waals surface area contributed by atoms with Crippen molar-refractivity contribution in [2.24, 2.45) is 0 Å². The summed E-state index contributed by atoms with van der Waals surface area (Å²) >= 11 is 0. The van der Waals surface area contributed by atoms with Crippen LogP contribution in [-0.2, 0) is 4.79 Å². The molecule has 4 nitrogen and oxygen atoms in total. The maximum Gasteiger partial charge on any atom is 0.303 e. The number of hydrogen-bond donors (Lipinski definition) is 3. The third-order valence-corrected chi connectivity index (χ3v) is 4.11. The summed E-state index contributed by atoms with van der Waals surface area (Å²) in [5, 5.41) is 28.3. The zero-order valence-electron chi connectivity index (χ0n) is 14.3. The van der Waals surface area contributed by atoms with Gasteiger partial charge in [-0.3, -0.25) is 4.79 Å². The van der Waals surface area contributed by atoms with Crippen molar-refractivity contribution in [1.82, 2.24) is 0 Å². The van der Waals surface area contributed by atoms with Crippen molar-refractivity contribution in [3.63, 3.8) is 0 Å². The minimum Gasteiger partial charge on any atom is -0.481 e. The van der Waals surface area contributed by atoms with Gasteiger partial charge >= 0.3 is 5.97 Å². The highest BCUT2D eigenvalue weighted by Crippen LogP contribution is 2.14. The van der Waals surface area contributed by atoms with Crippen LogP contribution in [0.25, 0.3) is 0 Å². The molecule has 0 saturated heterocycles. The number of carbonyl (C=O) groups is 1. The molecule has 0 rings (SSSR count). The summed E-state index contributed by atoms with van der Waals surface area (Å²) in [5.41, 5.74) is 0. The van der Waals surface area contributed by atoms with Gasteiger partial charge in [-0.25, -0.2) is 0 Å². The van der Waals surface area contributed by atoms with Crippen LogP contribution in [-0.4, -0.2) is 33.5 Å². The van der Waals surface area contributed by atoms with Gasteiger partial charge in [-0.1, -0.05) is 64.7 Å². The van der Waals surface area contributed by atoms with Crippen LogP contribution >= 0.6 is 0 Å². The van der Waals surface area contributed by atoms with E-state index in [9.17, 15) is 15.0 Å². The zero-order valence-corrected chi connectivity index (χ0v) is 14.3. The van der Waals surface area contributed by atoms with E-state index < -0.39 is 5.97 Å². The molecule has 0 heterocycles. The number of carboxylic acid groups (broad SMARTS) is 1. The Morgan fingerprint density at radius 2 is 1.23 bits per heavy atom. The van der Waals surface area contributed by atoms with Gasteiger partial charge in [-0.05, 0) is 25.7 Å². The van der Waals surface area contributed by atoms with Gasteiger partial charge in [0, 0.05) is 6.42 Å². The van der Waals surface area contributed by atoms with E-state index >= 15 is 0 Å². The topological polar surface area (TPSA) is 77.8 Å². The van der Waals surface area contributed by atoms with E-state index in [-0.39, 0.29) is 18.6 Å². The van der Waals surface area contributed by atoms with Crippen LogP contribution < -0.4 is 0 Å². The largest absolute Gasteiger partial charge is 0.481 e. The molecule has 22 heavy (non-hydrogen) atoms. The number of aliphatic carboxylic acids is 1. The summed E-state index contributed by atoms with van der Waals surface area (Å²) in [6, 6.07) is 0. The van der Waals surface area contributed by atoms with E-state index in [4.69, 9.17) is 5.11 Å². The van der Waals surface area contributed by atoms with Crippen LogP contribution in [0.5, 0.6) is 0 Å². The standard InChI is InChI=1S/C18H36O4/c1-2-3-4-9-12-16(19)15-17(20)13-10-7-5-6-8-11-14-18(21)22/h16-17,19-20H,2-15H2,1H3,(H,21,22).